The van der Waals surface area contributed by atoms with Gasteiger partial charge in [0, 0.05) is 41.5 Å². The molecule has 3 rings (SSSR count). The fourth-order valence-electron chi connectivity index (χ4n) is 2.70. The smallest absolute Gasteiger partial charge is 0.215 e. The molecule has 0 radical (unpaired) electrons. The highest BCUT2D eigenvalue weighted by Crippen LogP contribution is 2.38. The van der Waals surface area contributed by atoms with Crippen LogP contribution in [0, 0.1) is 18.6 Å². The number of ether oxygens (including phenoxy) is 2. The van der Waals surface area contributed by atoms with Gasteiger partial charge in [0.05, 0.1) is 20.8 Å². The molecule has 0 fully saturated rings. The third kappa shape index (κ3) is 4.54. The van der Waals surface area contributed by atoms with Crippen LogP contribution < -0.4 is 19.1 Å². The van der Waals surface area contributed by atoms with Gasteiger partial charge in [-0.3, -0.25) is 4.31 Å². The fraction of sp³-hybridized carbons (Fsp3) is 0.263. The minimum atomic E-state index is -0.654. The summed E-state index contributed by atoms with van der Waals surface area (Å²) < 4.78 is 45.9. The number of nitrogens with zero attached hydrogens (tertiary/aromatic N) is 3. The van der Waals surface area contributed by atoms with Crippen LogP contribution >= 0.6 is 23.5 Å². The summed E-state index contributed by atoms with van der Waals surface area (Å²) in [6.45, 7) is 1.89. The lowest BCUT2D eigenvalue weighted by molar-refractivity contribution is 0.391. The summed E-state index contributed by atoms with van der Waals surface area (Å²) in [6.07, 6.45) is 1.40. The largest absolute Gasteiger partial charge is 0.497 e. The van der Waals surface area contributed by atoms with Crippen LogP contribution in [0.15, 0.2) is 35.5 Å². The molecule has 0 atom stereocenters. The number of rotatable bonds is 8. The first-order valence-electron chi connectivity index (χ1n) is 8.57. The SMILES string of the molecule is CNc1cc(F)c(SN(Cc2ccc(OC)cc2OC)c2ncns2)c(F)c1C. The van der Waals surface area contributed by atoms with Crippen molar-refractivity contribution in [2.45, 2.75) is 18.4 Å². The van der Waals surface area contributed by atoms with E-state index in [1.165, 1.54) is 12.4 Å². The lowest BCUT2D eigenvalue weighted by Gasteiger charge is -2.22. The first kappa shape index (κ1) is 21.1. The Balaban J connectivity index is 1.98. The summed E-state index contributed by atoms with van der Waals surface area (Å²) in [5.74, 6) is -0.0209. The topological polar surface area (TPSA) is 59.5 Å². The monoisotopic (exact) mass is 438 g/mol. The minimum absolute atomic E-state index is 0.107. The van der Waals surface area contributed by atoms with Crippen molar-refractivity contribution < 1.29 is 18.3 Å². The van der Waals surface area contributed by atoms with Gasteiger partial charge in [-0.1, -0.05) is 0 Å². The molecule has 0 aliphatic carbocycles. The highest BCUT2D eigenvalue weighted by atomic mass is 32.2. The van der Waals surface area contributed by atoms with Crippen molar-refractivity contribution in [1.82, 2.24) is 9.36 Å². The second-order valence-electron chi connectivity index (χ2n) is 5.95. The Kier molecular flexibility index (Phi) is 6.75. The van der Waals surface area contributed by atoms with Crippen LogP contribution in [0.2, 0.25) is 0 Å². The van der Waals surface area contributed by atoms with Gasteiger partial charge in [0.15, 0.2) is 0 Å². The summed E-state index contributed by atoms with van der Waals surface area (Å²) in [5.41, 5.74) is 1.56. The normalized spacial score (nSPS) is 10.7. The highest BCUT2D eigenvalue weighted by Gasteiger charge is 2.22. The molecule has 29 heavy (non-hydrogen) atoms. The number of hydrogen-bond acceptors (Lipinski definition) is 8. The van der Waals surface area contributed by atoms with Crippen molar-refractivity contribution in [3.8, 4) is 11.5 Å². The number of halogens is 2. The van der Waals surface area contributed by atoms with Gasteiger partial charge in [-0.05, 0) is 37.1 Å². The van der Waals surface area contributed by atoms with Gasteiger partial charge in [-0.15, -0.1) is 0 Å². The molecule has 0 aliphatic rings. The van der Waals surface area contributed by atoms with E-state index in [0.29, 0.717) is 34.4 Å². The molecule has 3 aromatic rings. The first-order valence-corrected chi connectivity index (χ1v) is 10.1. The average molecular weight is 439 g/mol. The second-order valence-corrected chi connectivity index (χ2v) is 7.74. The summed E-state index contributed by atoms with van der Waals surface area (Å²) >= 11 is 2.07. The van der Waals surface area contributed by atoms with Crippen LogP contribution in [0.1, 0.15) is 11.1 Å². The molecule has 0 unspecified atom stereocenters. The van der Waals surface area contributed by atoms with E-state index in [2.05, 4.69) is 14.7 Å². The van der Waals surface area contributed by atoms with Crippen LogP contribution in [-0.4, -0.2) is 30.6 Å². The molecular formula is C19H20F2N4O2S2. The van der Waals surface area contributed by atoms with Gasteiger partial charge < -0.3 is 14.8 Å². The van der Waals surface area contributed by atoms with Gasteiger partial charge in [-0.2, -0.15) is 4.37 Å². The predicted octanol–water partition coefficient (Wildman–Crippen LogP) is 4.90. The zero-order chi connectivity index (χ0) is 21.0. The Morgan fingerprint density at radius 1 is 1.21 bits per heavy atom. The molecule has 0 saturated heterocycles. The van der Waals surface area contributed by atoms with Crippen molar-refractivity contribution in [2.75, 3.05) is 30.9 Å². The van der Waals surface area contributed by atoms with Crippen LogP contribution in [-0.2, 0) is 6.54 Å². The molecule has 0 bridgehead atoms. The molecule has 0 aliphatic heterocycles. The third-order valence-corrected chi connectivity index (χ3v) is 6.15. The molecule has 1 heterocycles. The Labute approximate surface area is 176 Å². The Morgan fingerprint density at radius 2 is 2.00 bits per heavy atom. The van der Waals surface area contributed by atoms with Gasteiger partial charge in [0.2, 0.25) is 5.13 Å². The van der Waals surface area contributed by atoms with Crippen molar-refractivity contribution in [3.63, 3.8) is 0 Å². The van der Waals surface area contributed by atoms with Gasteiger partial charge in [0.1, 0.15) is 34.4 Å². The van der Waals surface area contributed by atoms with Gasteiger partial charge in [0.25, 0.3) is 0 Å². The van der Waals surface area contributed by atoms with Gasteiger partial charge in [-0.25, -0.2) is 13.8 Å². The molecule has 1 N–H and O–H groups in total. The number of benzene rings is 2. The van der Waals surface area contributed by atoms with Gasteiger partial charge >= 0.3 is 0 Å². The molecule has 1 aromatic heterocycles. The average Bonchev–Trinajstić information content (AvgIpc) is 3.27. The van der Waals surface area contributed by atoms with Crippen LogP contribution in [0.3, 0.4) is 0 Å². The van der Waals surface area contributed by atoms with Crippen molar-refractivity contribution in [3.05, 3.63) is 53.4 Å². The van der Waals surface area contributed by atoms with E-state index in [4.69, 9.17) is 9.47 Å². The molecule has 2 aromatic carbocycles. The van der Waals surface area contributed by atoms with E-state index in [1.807, 2.05) is 6.07 Å². The molecular weight excluding hydrogens is 418 g/mol. The molecule has 154 valence electrons. The number of methoxy groups -OCH3 is 2. The van der Waals surface area contributed by atoms with E-state index >= 15 is 0 Å². The lowest BCUT2D eigenvalue weighted by atomic mass is 10.2. The standard InChI is InChI=1S/C19H20F2N4O2S2/c1-11-15(22-2)8-14(20)18(17(11)21)29-25(19-23-10-24-28-19)9-12-5-6-13(26-3)7-16(12)27-4/h5-8,10,22H,9H2,1-4H3. The maximum absolute atomic E-state index is 14.9. The molecule has 0 spiro atoms. The Morgan fingerprint density at radius 3 is 2.62 bits per heavy atom. The van der Waals surface area contributed by atoms with Crippen LogP contribution in [0.25, 0.3) is 0 Å². The van der Waals surface area contributed by atoms with Crippen LogP contribution in [0.4, 0.5) is 19.6 Å². The van der Waals surface area contributed by atoms with E-state index in [9.17, 15) is 8.78 Å². The molecule has 6 nitrogen and oxygen atoms in total. The Hall–Kier alpha value is -2.59. The lowest BCUT2D eigenvalue weighted by Crippen LogP contribution is -2.15. The zero-order valence-electron chi connectivity index (χ0n) is 16.3. The van der Waals surface area contributed by atoms with Crippen molar-refractivity contribution in [1.29, 1.82) is 0 Å². The summed E-state index contributed by atoms with van der Waals surface area (Å²) in [6, 6.07) is 6.68. The molecule has 0 amide bonds. The quantitative estimate of drug-likeness (QED) is 0.502. The molecule has 10 heteroatoms. The van der Waals surface area contributed by atoms with E-state index < -0.39 is 11.6 Å². The minimum Gasteiger partial charge on any atom is -0.497 e. The maximum atomic E-state index is 14.9. The second kappa shape index (κ2) is 9.27. The fourth-order valence-corrected chi connectivity index (χ4v) is 4.28. The number of anilines is 2. The maximum Gasteiger partial charge on any atom is 0.215 e. The van der Waals surface area contributed by atoms with Crippen LogP contribution in [0.5, 0.6) is 11.5 Å². The zero-order valence-corrected chi connectivity index (χ0v) is 18.0. The highest BCUT2D eigenvalue weighted by molar-refractivity contribution is 8.00. The Bertz CT molecular complexity index is 987. The third-order valence-electron chi connectivity index (χ3n) is 4.26. The van der Waals surface area contributed by atoms with E-state index in [-0.39, 0.29) is 4.90 Å². The van der Waals surface area contributed by atoms with Crippen molar-refractivity contribution >= 4 is 34.3 Å². The summed E-state index contributed by atoms with van der Waals surface area (Å²) in [4.78, 5) is 4.10. The number of hydrogen-bond donors (Lipinski definition) is 1. The van der Waals surface area contributed by atoms with Crippen molar-refractivity contribution in [2.24, 2.45) is 0 Å². The van der Waals surface area contributed by atoms with E-state index in [0.717, 1.165) is 29.0 Å². The summed E-state index contributed by atoms with van der Waals surface area (Å²) in [5, 5.41) is 3.31. The molecule has 0 saturated carbocycles. The predicted molar refractivity (Wildman–Crippen MR) is 112 cm³/mol. The summed E-state index contributed by atoms with van der Waals surface area (Å²) in [7, 11) is 4.75. The first-order chi connectivity index (χ1) is 14.0. The number of nitrogens with one attached hydrogen (secondary N) is 1. The van der Waals surface area contributed by atoms with E-state index in [1.54, 1.807) is 44.6 Å². The number of aromatic nitrogens is 2.